The molecule has 8 nitrogen and oxygen atoms in total. The summed E-state index contributed by atoms with van der Waals surface area (Å²) in [5.74, 6) is -2.14. The summed E-state index contributed by atoms with van der Waals surface area (Å²) >= 11 is 6.02. The zero-order valence-corrected chi connectivity index (χ0v) is 18.1. The first-order valence-electron chi connectivity index (χ1n) is 9.39. The van der Waals surface area contributed by atoms with E-state index < -0.39 is 23.4 Å². The topological polar surface area (TPSA) is 79.4 Å². The number of hydrogen-bond acceptors (Lipinski definition) is 7. The van der Waals surface area contributed by atoms with Crippen LogP contribution >= 0.6 is 11.6 Å². The van der Waals surface area contributed by atoms with Gasteiger partial charge in [-0.25, -0.2) is 9.59 Å². The summed E-state index contributed by atoms with van der Waals surface area (Å²) in [6, 6.07) is 13.6. The van der Waals surface area contributed by atoms with E-state index in [1.807, 2.05) is 12.1 Å². The number of benzene rings is 2. The molecular weight excluding hydrogens is 422 g/mol. The van der Waals surface area contributed by atoms with Crippen LogP contribution in [0.1, 0.15) is 5.56 Å². The zero-order chi connectivity index (χ0) is 22.5. The number of hydrogen-bond donors (Lipinski definition) is 0. The van der Waals surface area contributed by atoms with Gasteiger partial charge in [0, 0.05) is 30.4 Å². The van der Waals surface area contributed by atoms with Gasteiger partial charge in [0.05, 0.1) is 19.9 Å². The predicted octanol–water partition coefficient (Wildman–Crippen LogP) is 2.48. The number of amides is 1. The fourth-order valence-corrected chi connectivity index (χ4v) is 4.43. The first kappa shape index (κ1) is 20.9. The maximum absolute atomic E-state index is 14.2. The predicted molar refractivity (Wildman–Crippen MR) is 114 cm³/mol. The molecule has 0 fully saturated rings. The van der Waals surface area contributed by atoms with E-state index in [1.165, 1.54) is 19.1 Å². The first-order chi connectivity index (χ1) is 14.8. The third kappa shape index (κ3) is 2.68. The Morgan fingerprint density at radius 2 is 1.55 bits per heavy atom. The van der Waals surface area contributed by atoms with Gasteiger partial charge in [0.1, 0.15) is 11.3 Å². The summed E-state index contributed by atoms with van der Waals surface area (Å²) in [5.41, 5.74) is -0.264. The lowest BCUT2D eigenvalue weighted by Crippen LogP contribution is -2.54. The van der Waals surface area contributed by atoms with Crippen molar-refractivity contribution in [1.29, 1.82) is 0 Å². The van der Waals surface area contributed by atoms with E-state index in [1.54, 1.807) is 60.5 Å². The summed E-state index contributed by atoms with van der Waals surface area (Å²) < 4.78 is 10.0. The number of esters is 2. The van der Waals surface area contributed by atoms with Crippen molar-refractivity contribution in [2.75, 3.05) is 38.2 Å². The van der Waals surface area contributed by atoms with Crippen molar-refractivity contribution in [1.82, 2.24) is 5.01 Å². The maximum Gasteiger partial charge on any atom is 0.355 e. The third-order valence-corrected chi connectivity index (χ3v) is 6.02. The molecule has 2 aromatic rings. The lowest BCUT2D eigenvalue weighted by molar-refractivity contribution is -0.141. The average Bonchev–Trinajstić information content (AvgIpc) is 3.19. The molecule has 1 amide bonds. The quantitative estimate of drug-likeness (QED) is 0.677. The number of carbonyl (C=O) groups is 3. The van der Waals surface area contributed by atoms with Gasteiger partial charge in [-0.2, -0.15) is 5.01 Å². The molecule has 2 aliphatic heterocycles. The highest BCUT2D eigenvalue weighted by molar-refractivity contribution is 6.30. The number of halogens is 1. The SMILES string of the molecule is COC(=O)C1=C(C(=O)OC)C2(C(=O)N1c1ccc(Cl)cc1)c1ccccc1N(C)N2C. The second-order valence-electron chi connectivity index (χ2n) is 7.10. The fourth-order valence-electron chi connectivity index (χ4n) is 4.30. The molecule has 0 N–H and O–H groups in total. The lowest BCUT2D eigenvalue weighted by Gasteiger charge is -2.35. The maximum atomic E-state index is 14.2. The molecule has 31 heavy (non-hydrogen) atoms. The van der Waals surface area contributed by atoms with Gasteiger partial charge in [-0.1, -0.05) is 29.8 Å². The first-order valence-corrected chi connectivity index (χ1v) is 9.77. The number of methoxy groups -OCH3 is 2. The molecule has 0 saturated carbocycles. The Morgan fingerprint density at radius 3 is 2.16 bits per heavy atom. The average molecular weight is 442 g/mol. The van der Waals surface area contributed by atoms with Gasteiger partial charge < -0.3 is 14.5 Å². The fraction of sp³-hybridized carbons (Fsp3) is 0.227. The number of rotatable bonds is 3. The van der Waals surface area contributed by atoms with Crippen molar-refractivity contribution >= 4 is 40.8 Å². The molecule has 1 spiro atoms. The highest BCUT2D eigenvalue weighted by atomic mass is 35.5. The van der Waals surface area contributed by atoms with Crippen LogP contribution in [0.25, 0.3) is 0 Å². The number of carbonyl (C=O) groups excluding carboxylic acids is 3. The molecule has 0 bridgehead atoms. The van der Waals surface area contributed by atoms with Crippen LogP contribution in [0.5, 0.6) is 0 Å². The van der Waals surface area contributed by atoms with Gasteiger partial charge >= 0.3 is 11.9 Å². The molecule has 0 radical (unpaired) electrons. The summed E-state index contributed by atoms with van der Waals surface area (Å²) in [5, 5.41) is 3.85. The third-order valence-electron chi connectivity index (χ3n) is 5.77. The smallest absolute Gasteiger partial charge is 0.355 e. The van der Waals surface area contributed by atoms with Gasteiger partial charge in [-0.15, -0.1) is 0 Å². The van der Waals surface area contributed by atoms with Gasteiger partial charge in [-0.3, -0.25) is 9.69 Å². The molecule has 1 atom stereocenters. The summed E-state index contributed by atoms with van der Waals surface area (Å²) in [6.45, 7) is 0. The molecule has 2 aliphatic rings. The minimum Gasteiger partial charge on any atom is -0.466 e. The van der Waals surface area contributed by atoms with E-state index in [4.69, 9.17) is 21.1 Å². The number of ether oxygens (including phenoxy) is 2. The second kappa shape index (κ2) is 7.40. The zero-order valence-electron chi connectivity index (χ0n) is 17.4. The van der Waals surface area contributed by atoms with Crippen LogP contribution in [-0.2, 0) is 29.4 Å². The second-order valence-corrected chi connectivity index (χ2v) is 7.53. The van der Waals surface area contributed by atoms with Gasteiger partial charge in [0.25, 0.3) is 5.91 Å². The standard InChI is InChI=1S/C22H20ClN3O5/c1-24-16-8-6-5-7-15(16)22(25(24)2)17(19(27)30-3)18(20(28)31-4)26(21(22)29)14-11-9-13(23)10-12-14/h5-12H,1-4H3. The van der Waals surface area contributed by atoms with E-state index in [9.17, 15) is 14.4 Å². The molecular formula is C22H20ClN3O5. The summed E-state index contributed by atoms with van der Waals surface area (Å²) in [6.07, 6.45) is 0. The Labute approximate surface area is 184 Å². The molecule has 2 aromatic carbocycles. The number of fused-ring (bicyclic) bond motifs is 2. The largest absolute Gasteiger partial charge is 0.466 e. The van der Waals surface area contributed by atoms with E-state index in [-0.39, 0.29) is 11.3 Å². The van der Waals surface area contributed by atoms with Crippen molar-refractivity contribution in [2.45, 2.75) is 5.54 Å². The number of hydrazine groups is 1. The van der Waals surface area contributed by atoms with E-state index in [0.29, 0.717) is 16.3 Å². The van der Waals surface area contributed by atoms with Crippen LogP contribution in [0.4, 0.5) is 11.4 Å². The Balaban J connectivity index is 2.10. The van der Waals surface area contributed by atoms with Gasteiger partial charge in [-0.05, 0) is 30.3 Å². The Bertz CT molecular complexity index is 1130. The van der Waals surface area contributed by atoms with Crippen molar-refractivity contribution in [3.63, 3.8) is 0 Å². The van der Waals surface area contributed by atoms with Crippen molar-refractivity contribution in [3.05, 3.63) is 70.4 Å². The molecule has 4 rings (SSSR count). The number of anilines is 2. The van der Waals surface area contributed by atoms with Crippen molar-refractivity contribution < 1.29 is 23.9 Å². The molecule has 9 heteroatoms. The van der Waals surface area contributed by atoms with E-state index >= 15 is 0 Å². The van der Waals surface area contributed by atoms with Crippen LogP contribution in [0.2, 0.25) is 5.02 Å². The normalized spacial score (nSPS) is 20.5. The number of likely N-dealkylation sites (N-methyl/N-ethyl adjacent to an activating group) is 1. The molecule has 0 aromatic heterocycles. The van der Waals surface area contributed by atoms with Gasteiger partial charge in [0.2, 0.25) is 0 Å². The Kier molecular flexibility index (Phi) is 4.99. The molecule has 1 unspecified atom stereocenters. The lowest BCUT2D eigenvalue weighted by atomic mass is 9.83. The van der Waals surface area contributed by atoms with Crippen LogP contribution < -0.4 is 9.91 Å². The van der Waals surface area contributed by atoms with E-state index in [0.717, 1.165) is 5.69 Å². The summed E-state index contributed by atoms with van der Waals surface area (Å²) in [7, 11) is 5.86. The minimum absolute atomic E-state index is 0.110. The van der Waals surface area contributed by atoms with Gasteiger partial charge in [0.15, 0.2) is 5.54 Å². The molecule has 160 valence electrons. The number of nitrogens with zero attached hydrogens (tertiary/aromatic N) is 3. The number of para-hydroxylation sites is 1. The molecule has 0 saturated heterocycles. The minimum atomic E-state index is -1.61. The summed E-state index contributed by atoms with van der Waals surface area (Å²) in [4.78, 5) is 41.4. The molecule has 2 heterocycles. The monoisotopic (exact) mass is 441 g/mol. The van der Waals surface area contributed by atoms with Crippen LogP contribution in [-0.4, -0.2) is 51.2 Å². The van der Waals surface area contributed by atoms with Crippen molar-refractivity contribution in [2.24, 2.45) is 0 Å². The highest BCUT2D eigenvalue weighted by Crippen LogP contribution is 2.54. The highest BCUT2D eigenvalue weighted by Gasteiger charge is 2.65. The van der Waals surface area contributed by atoms with Crippen LogP contribution in [0.3, 0.4) is 0 Å². The molecule has 0 aliphatic carbocycles. The van der Waals surface area contributed by atoms with Crippen LogP contribution in [0.15, 0.2) is 59.8 Å². The Morgan fingerprint density at radius 1 is 0.935 bits per heavy atom. The van der Waals surface area contributed by atoms with E-state index in [2.05, 4.69) is 0 Å². The van der Waals surface area contributed by atoms with Crippen molar-refractivity contribution in [3.8, 4) is 0 Å². The Hall–Kier alpha value is -3.36. The van der Waals surface area contributed by atoms with Crippen LogP contribution in [0, 0.1) is 0 Å².